The molecular formula is C42H48ClN11O6. The van der Waals surface area contributed by atoms with E-state index in [0.717, 1.165) is 27.3 Å². The summed E-state index contributed by atoms with van der Waals surface area (Å²) in [6, 6.07) is 13.0. The molecule has 0 radical (unpaired) electrons. The number of aromatic nitrogens is 3. The van der Waals surface area contributed by atoms with Crippen LogP contribution in [0.1, 0.15) is 77.3 Å². The van der Waals surface area contributed by atoms with Gasteiger partial charge >= 0.3 is 0 Å². The van der Waals surface area contributed by atoms with Gasteiger partial charge in [0.25, 0.3) is 11.8 Å². The molecule has 0 spiro atoms. The number of amides is 6. The Labute approximate surface area is 351 Å². The van der Waals surface area contributed by atoms with E-state index in [9.17, 15) is 28.8 Å². The van der Waals surface area contributed by atoms with E-state index >= 15 is 0 Å². The van der Waals surface area contributed by atoms with E-state index in [1.165, 1.54) is 6.33 Å². The van der Waals surface area contributed by atoms with Gasteiger partial charge in [0.1, 0.15) is 23.8 Å². The van der Waals surface area contributed by atoms with Crippen molar-refractivity contribution in [3.05, 3.63) is 82.8 Å². The van der Waals surface area contributed by atoms with Gasteiger partial charge in [-0.3, -0.25) is 43.9 Å². The summed E-state index contributed by atoms with van der Waals surface area (Å²) < 4.78 is 0. The molecule has 0 aliphatic carbocycles. The van der Waals surface area contributed by atoms with Crippen LogP contribution in [0.5, 0.6) is 0 Å². The summed E-state index contributed by atoms with van der Waals surface area (Å²) in [5.41, 5.74) is 8.32. The first-order chi connectivity index (χ1) is 29.0. The molecule has 8 rings (SSSR count). The van der Waals surface area contributed by atoms with Crippen LogP contribution in [-0.2, 0) is 19.2 Å². The van der Waals surface area contributed by atoms with Crippen molar-refractivity contribution in [3.63, 3.8) is 0 Å². The number of benzene rings is 2. The number of carbonyl (C=O) groups excluding carboxylic acids is 6. The van der Waals surface area contributed by atoms with Crippen LogP contribution in [-0.4, -0.2) is 129 Å². The molecule has 3 saturated heterocycles. The maximum absolute atomic E-state index is 13.9. The van der Waals surface area contributed by atoms with E-state index in [1.54, 1.807) is 18.2 Å². The Hall–Kier alpha value is -5.91. The van der Waals surface area contributed by atoms with Gasteiger partial charge in [0.15, 0.2) is 0 Å². The number of imide groups is 2. The number of piperidine rings is 2. The van der Waals surface area contributed by atoms with E-state index in [1.807, 2.05) is 41.4 Å². The van der Waals surface area contributed by atoms with E-state index in [0.29, 0.717) is 95.2 Å². The van der Waals surface area contributed by atoms with Crippen LogP contribution in [0, 0.1) is 0 Å². The van der Waals surface area contributed by atoms with Crippen LogP contribution < -0.4 is 26.6 Å². The molecule has 17 nitrogen and oxygen atoms in total. The van der Waals surface area contributed by atoms with Crippen LogP contribution in [0.25, 0.3) is 11.0 Å². The molecule has 0 saturated carbocycles. The highest BCUT2D eigenvalue weighted by atomic mass is 35.5. The predicted octanol–water partition coefficient (Wildman–Crippen LogP) is 2.59. The molecule has 6 N–H and O–H groups in total. The van der Waals surface area contributed by atoms with E-state index < -0.39 is 35.2 Å². The Morgan fingerprint density at radius 2 is 1.72 bits per heavy atom. The number of hydrogen-bond acceptors (Lipinski definition) is 12. The highest BCUT2D eigenvalue weighted by molar-refractivity contribution is 6.30. The minimum atomic E-state index is -1.04. The van der Waals surface area contributed by atoms with Crippen LogP contribution >= 0.6 is 11.6 Å². The summed E-state index contributed by atoms with van der Waals surface area (Å²) >= 11 is 6.22. The number of fused-ring (bicyclic) bond motifs is 2. The minimum Gasteiger partial charge on any atom is -0.384 e. The molecule has 4 aliphatic heterocycles. The molecule has 60 heavy (non-hydrogen) atoms. The largest absolute Gasteiger partial charge is 0.384 e. The third kappa shape index (κ3) is 8.42. The lowest BCUT2D eigenvalue weighted by molar-refractivity contribution is -0.136. The predicted molar refractivity (Wildman–Crippen MR) is 223 cm³/mol. The van der Waals surface area contributed by atoms with Gasteiger partial charge in [0.05, 0.1) is 28.1 Å². The maximum atomic E-state index is 13.9. The number of aromatic amines is 1. The molecule has 6 heterocycles. The second-order valence-corrected chi connectivity index (χ2v) is 16.3. The van der Waals surface area contributed by atoms with Gasteiger partial charge in [-0.15, -0.1) is 0 Å². The fraction of sp³-hybridized carbons (Fsp3) is 0.429. The van der Waals surface area contributed by atoms with Gasteiger partial charge in [-0.05, 0) is 68.0 Å². The van der Waals surface area contributed by atoms with E-state index in [-0.39, 0.29) is 41.8 Å². The lowest BCUT2D eigenvalue weighted by atomic mass is 9.87. The van der Waals surface area contributed by atoms with Crippen LogP contribution in [0.15, 0.2) is 61.1 Å². The van der Waals surface area contributed by atoms with Crippen molar-refractivity contribution in [2.45, 2.75) is 62.6 Å². The number of anilines is 2. The SMILES string of the molecule is NC1(C(=O)N[C@@H](CCN2CCN(C(=O)CCCNc3cccc4c3C(=O)N(C3CCC(=O)NC3=O)C4=O)CC2)c2ccc(Cl)cc2)CCN(c2ncnc3[nH]ccc23)CC1. The fourth-order valence-corrected chi connectivity index (χ4v) is 8.72. The highest BCUT2D eigenvalue weighted by Crippen LogP contribution is 2.33. The Balaban J connectivity index is 0.798. The average molecular weight is 838 g/mol. The minimum absolute atomic E-state index is 0.0350. The highest BCUT2D eigenvalue weighted by Gasteiger charge is 2.46. The van der Waals surface area contributed by atoms with Gasteiger partial charge in [-0.1, -0.05) is 29.8 Å². The van der Waals surface area contributed by atoms with Gasteiger partial charge < -0.3 is 31.2 Å². The second-order valence-electron chi connectivity index (χ2n) is 15.9. The number of piperazine rings is 1. The smallest absolute Gasteiger partial charge is 0.264 e. The molecule has 4 aliphatic rings. The average Bonchev–Trinajstić information content (AvgIpc) is 3.84. The van der Waals surface area contributed by atoms with Crippen molar-refractivity contribution in [1.82, 2.24) is 40.3 Å². The summed E-state index contributed by atoms with van der Waals surface area (Å²) in [6.45, 7) is 4.79. The molecule has 314 valence electrons. The van der Waals surface area contributed by atoms with Gasteiger partial charge in [-0.25, -0.2) is 9.97 Å². The lowest BCUT2D eigenvalue weighted by Crippen LogP contribution is -2.60. The van der Waals surface area contributed by atoms with Crippen molar-refractivity contribution in [3.8, 4) is 0 Å². The normalized spacial score (nSPS) is 20.0. The van der Waals surface area contributed by atoms with Crippen molar-refractivity contribution < 1.29 is 28.8 Å². The Bertz CT molecular complexity index is 2300. The number of nitrogens with one attached hydrogen (secondary N) is 4. The number of halogens is 1. The molecular weight excluding hydrogens is 790 g/mol. The monoisotopic (exact) mass is 837 g/mol. The zero-order chi connectivity index (χ0) is 42.0. The second kappa shape index (κ2) is 17.4. The van der Waals surface area contributed by atoms with Crippen molar-refractivity contribution in [1.29, 1.82) is 0 Å². The molecule has 1 unspecified atom stereocenters. The summed E-state index contributed by atoms with van der Waals surface area (Å²) in [5, 5.41) is 10.2. The number of hydrogen-bond donors (Lipinski definition) is 5. The molecule has 0 bridgehead atoms. The third-order valence-corrected chi connectivity index (χ3v) is 12.4. The quantitative estimate of drug-likeness (QED) is 0.0970. The zero-order valence-corrected chi connectivity index (χ0v) is 33.9. The zero-order valence-electron chi connectivity index (χ0n) is 33.1. The maximum Gasteiger partial charge on any atom is 0.264 e. The van der Waals surface area contributed by atoms with Gasteiger partial charge in [0, 0.05) is 82.1 Å². The van der Waals surface area contributed by atoms with Crippen molar-refractivity contribution in [2.24, 2.45) is 5.73 Å². The summed E-state index contributed by atoms with van der Waals surface area (Å²) in [7, 11) is 0. The lowest BCUT2D eigenvalue weighted by Gasteiger charge is -2.39. The summed E-state index contributed by atoms with van der Waals surface area (Å²) in [6.07, 6.45) is 5.88. The van der Waals surface area contributed by atoms with Crippen LogP contribution in [0.4, 0.5) is 11.5 Å². The molecule has 2 aromatic carbocycles. The fourth-order valence-electron chi connectivity index (χ4n) is 8.59. The number of rotatable bonds is 13. The van der Waals surface area contributed by atoms with E-state index in [2.05, 4.69) is 40.7 Å². The molecule has 6 amide bonds. The number of nitrogens with zero attached hydrogens (tertiary/aromatic N) is 6. The first kappa shape index (κ1) is 40.9. The van der Waals surface area contributed by atoms with Crippen LogP contribution in [0.3, 0.4) is 0 Å². The topological polar surface area (TPSA) is 219 Å². The number of nitrogens with two attached hydrogens (primary N) is 1. The Morgan fingerprint density at radius 3 is 2.47 bits per heavy atom. The van der Waals surface area contributed by atoms with E-state index in [4.69, 9.17) is 17.3 Å². The molecule has 2 aromatic heterocycles. The molecule has 2 atom stereocenters. The third-order valence-electron chi connectivity index (χ3n) is 12.1. The molecule has 4 aromatic rings. The van der Waals surface area contributed by atoms with Crippen molar-refractivity contribution in [2.75, 3.05) is 62.6 Å². The van der Waals surface area contributed by atoms with Crippen molar-refractivity contribution >= 4 is 69.6 Å². The number of carbonyl (C=O) groups is 6. The molecule has 3 fully saturated rings. The number of H-pyrrole nitrogens is 1. The standard InChI is InChI=1S/C42H48ClN11O6/c43-27-8-6-26(7-9-27)30(49-41(60)42(44)14-19-53(20-15-42)37-29-12-17-46-36(29)47-25-48-37)13-18-51-21-23-52(24-22-51)34(56)5-2-16-45-31-4-1-3-28-35(31)40(59)54(39(28)58)32-10-11-33(55)50-38(32)57/h1,3-4,6-9,12,17,25,30,32,45H,2,5,10-11,13-16,18-24,44H2,(H,49,60)(H,46,47,48)(H,50,55,57)/t30-,32?/m0/s1. The summed E-state index contributed by atoms with van der Waals surface area (Å²) in [4.78, 5) is 96.9. The van der Waals surface area contributed by atoms with Gasteiger partial charge in [-0.2, -0.15) is 0 Å². The first-order valence-electron chi connectivity index (χ1n) is 20.5. The van der Waals surface area contributed by atoms with Crippen LogP contribution in [0.2, 0.25) is 5.02 Å². The molecule has 18 heteroatoms. The first-order valence-corrected chi connectivity index (χ1v) is 20.8. The summed E-state index contributed by atoms with van der Waals surface area (Å²) in [5.74, 6) is -1.56. The Morgan fingerprint density at radius 1 is 0.950 bits per heavy atom. The Kier molecular flexibility index (Phi) is 11.8. The van der Waals surface area contributed by atoms with Gasteiger partial charge in [0.2, 0.25) is 23.6 Å².